The maximum Gasteiger partial charge on any atom is 0.317 e. The summed E-state index contributed by atoms with van der Waals surface area (Å²) in [7, 11) is 0. The Bertz CT molecular complexity index is 631. The van der Waals surface area contributed by atoms with Crippen LogP contribution in [0.25, 0.3) is 0 Å². The lowest BCUT2D eigenvalue weighted by Gasteiger charge is -2.42. The van der Waals surface area contributed by atoms with Crippen molar-refractivity contribution in [3.8, 4) is 0 Å². The maximum atomic E-state index is 12.1. The Hall–Kier alpha value is -1.79. The molecule has 0 saturated heterocycles. The van der Waals surface area contributed by atoms with Crippen LogP contribution in [0.4, 0.5) is 4.79 Å². The van der Waals surface area contributed by atoms with Crippen LogP contribution >= 0.6 is 11.6 Å². The zero-order valence-corrected chi connectivity index (χ0v) is 15.0. The maximum absolute atomic E-state index is 12.1. The monoisotopic (exact) mass is 365 g/mol. The van der Waals surface area contributed by atoms with Gasteiger partial charge >= 0.3 is 12.0 Å². The molecule has 0 aliphatic heterocycles. The van der Waals surface area contributed by atoms with Crippen LogP contribution in [-0.4, -0.2) is 53.2 Å². The SMILES string of the molecule is CCN(CC(=O)O)C1CC(NC(=O)N[C@@H]2C[C@H]2c2ccc(Cl)cc2)C1. The van der Waals surface area contributed by atoms with E-state index < -0.39 is 5.97 Å². The van der Waals surface area contributed by atoms with E-state index >= 15 is 0 Å². The van der Waals surface area contributed by atoms with Gasteiger partial charge in [-0.3, -0.25) is 9.69 Å². The number of amides is 2. The highest BCUT2D eigenvalue weighted by molar-refractivity contribution is 6.30. The fourth-order valence-corrected chi connectivity index (χ4v) is 3.63. The third-order valence-corrected chi connectivity index (χ3v) is 5.37. The lowest BCUT2D eigenvalue weighted by Crippen LogP contribution is -2.56. The van der Waals surface area contributed by atoms with Gasteiger partial charge in [0.2, 0.25) is 0 Å². The number of hydrogen-bond acceptors (Lipinski definition) is 3. The van der Waals surface area contributed by atoms with Crippen molar-refractivity contribution < 1.29 is 14.7 Å². The molecule has 2 amide bonds. The smallest absolute Gasteiger partial charge is 0.317 e. The number of aliphatic carboxylic acids is 1. The molecule has 7 heteroatoms. The Morgan fingerprint density at radius 3 is 2.48 bits per heavy atom. The van der Waals surface area contributed by atoms with Crippen LogP contribution in [0, 0.1) is 0 Å². The first-order valence-corrected chi connectivity index (χ1v) is 9.12. The van der Waals surface area contributed by atoms with Gasteiger partial charge in [0.1, 0.15) is 0 Å². The third kappa shape index (κ3) is 4.64. The molecular formula is C18H24ClN3O3. The van der Waals surface area contributed by atoms with Crippen molar-refractivity contribution in [1.29, 1.82) is 0 Å². The van der Waals surface area contributed by atoms with Crippen LogP contribution in [0.2, 0.25) is 5.02 Å². The summed E-state index contributed by atoms with van der Waals surface area (Å²) in [6.45, 7) is 2.73. The molecule has 2 atom stereocenters. The van der Waals surface area contributed by atoms with Gasteiger partial charge in [0, 0.05) is 29.1 Å². The zero-order chi connectivity index (χ0) is 18.0. The predicted molar refractivity (Wildman–Crippen MR) is 96.0 cm³/mol. The average Bonchev–Trinajstić information content (AvgIpc) is 3.28. The molecule has 0 aromatic heterocycles. The molecule has 6 nitrogen and oxygen atoms in total. The fraction of sp³-hybridized carbons (Fsp3) is 0.556. The van der Waals surface area contributed by atoms with E-state index in [-0.39, 0.29) is 30.7 Å². The molecule has 1 aromatic carbocycles. The van der Waals surface area contributed by atoms with Crippen LogP contribution in [0.15, 0.2) is 24.3 Å². The van der Waals surface area contributed by atoms with Crippen LogP contribution in [0.5, 0.6) is 0 Å². The summed E-state index contributed by atoms with van der Waals surface area (Å²) < 4.78 is 0. The third-order valence-electron chi connectivity index (χ3n) is 5.11. The minimum Gasteiger partial charge on any atom is -0.480 e. The van der Waals surface area contributed by atoms with Gasteiger partial charge in [0.05, 0.1) is 6.54 Å². The number of carboxylic acids is 1. The van der Waals surface area contributed by atoms with Crippen molar-refractivity contribution in [2.75, 3.05) is 13.1 Å². The highest BCUT2D eigenvalue weighted by atomic mass is 35.5. The van der Waals surface area contributed by atoms with E-state index in [9.17, 15) is 9.59 Å². The fourth-order valence-electron chi connectivity index (χ4n) is 3.50. The lowest BCUT2D eigenvalue weighted by molar-refractivity contribution is -0.139. The summed E-state index contributed by atoms with van der Waals surface area (Å²) in [6, 6.07) is 8.17. The molecule has 0 unspecified atom stereocenters. The van der Waals surface area contributed by atoms with Gasteiger partial charge in [0.15, 0.2) is 0 Å². The molecule has 136 valence electrons. The summed E-state index contributed by atoms with van der Waals surface area (Å²) in [5.41, 5.74) is 1.20. The van der Waals surface area contributed by atoms with Gasteiger partial charge in [-0.1, -0.05) is 30.7 Å². The molecule has 0 heterocycles. The highest BCUT2D eigenvalue weighted by Crippen LogP contribution is 2.41. The van der Waals surface area contributed by atoms with E-state index in [1.807, 2.05) is 36.1 Å². The van der Waals surface area contributed by atoms with Crippen molar-refractivity contribution in [2.24, 2.45) is 0 Å². The number of rotatable bonds is 7. The second-order valence-corrected chi connectivity index (χ2v) is 7.33. The summed E-state index contributed by atoms with van der Waals surface area (Å²) >= 11 is 5.89. The van der Waals surface area contributed by atoms with E-state index in [1.165, 1.54) is 5.56 Å². The zero-order valence-electron chi connectivity index (χ0n) is 14.2. The molecule has 2 aliphatic rings. The molecule has 2 fully saturated rings. The number of nitrogens with zero attached hydrogens (tertiary/aromatic N) is 1. The summed E-state index contributed by atoms with van der Waals surface area (Å²) in [4.78, 5) is 24.9. The van der Waals surface area contributed by atoms with Crippen molar-refractivity contribution >= 4 is 23.6 Å². The van der Waals surface area contributed by atoms with Gasteiger partial charge in [-0.25, -0.2) is 4.79 Å². The summed E-state index contributed by atoms with van der Waals surface area (Å²) in [6.07, 6.45) is 2.56. The molecule has 2 aliphatic carbocycles. The summed E-state index contributed by atoms with van der Waals surface area (Å²) in [5, 5.41) is 15.6. The molecular weight excluding hydrogens is 342 g/mol. The number of carboxylic acid groups (broad SMARTS) is 1. The second kappa shape index (κ2) is 7.62. The first-order chi connectivity index (χ1) is 12.0. The molecule has 0 spiro atoms. The van der Waals surface area contributed by atoms with E-state index in [0.29, 0.717) is 12.5 Å². The molecule has 2 saturated carbocycles. The lowest BCUT2D eigenvalue weighted by atomic mass is 9.85. The number of urea groups is 1. The van der Waals surface area contributed by atoms with E-state index in [0.717, 1.165) is 24.3 Å². The summed E-state index contributed by atoms with van der Waals surface area (Å²) in [5.74, 6) is -0.443. The number of likely N-dealkylation sites (N-methyl/N-ethyl adjacent to an activating group) is 1. The number of carbonyl (C=O) groups is 2. The van der Waals surface area contributed by atoms with Crippen molar-refractivity contribution in [3.05, 3.63) is 34.9 Å². The van der Waals surface area contributed by atoms with Crippen LogP contribution in [0.3, 0.4) is 0 Å². The Labute approximate surface area is 152 Å². The van der Waals surface area contributed by atoms with Gasteiger partial charge in [0.25, 0.3) is 0 Å². The number of halogens is 1. The standard InChI is InChI=1S/C18H24ClN3O3/c1-2-22(10-17(23)24)14-7-13(8-14)20-18(25)21-16-9-15(16)11-3-5-12(19)6-4-11/h3-6,13-16H,2,7-10H2,1H3,(H,23,24)(H2,20,21,25)/t13?,14?,15-,16+/m0/s1. The predicted octanol–water partition coefficient (Wildman–Crippen LogP) is 2.43. The molecule has 0 bridgehead atoms. The van der Waals surface area contributed by atoms with Crippen molar-refractivity contribution in [2.45, 2.75) is 50.2 Å². The molecule has 1 aromatic rings. The minimum absolute atomic E-state index is 0.0604. The number of carbonyl (C=O) groups excluding carboxylic acids is 1. The minimum atomic E-state index is -0.807. The van der Waals surface area contributed by atoms with E-state index in [4.69, 9.17) is 16.7 Å². The number of benzene rings is 1. The number of hydrogen-bond donors (Lipinski definition) is 3. The largest absolute Gasteiger partial charge is 0.480 e. The Morgan fingerprint density at radius 1 is 1.20 bits per heavy atom. The van der Waals surface area contributed by atoms with E-state index in [2.05, 4.69) is 10.6 Å². The topological polar surface area (TPSA) is 81.7 Å². The average molecular weight is 366 g/mol. The normalized spacial score (nSPS) is 27.5. The van der Waals surface area contributed by atoms with Crippen molar-refractivity contribution in [3.63, 3.8) is 0 Å². The van der Waals surface area contributed by atoms with Gasteiger partial charge < -0.3 is 15.7 Å². The second-order valence-electron chi connectivity index (χ2n) is 6.90. The van der Waals surface area contributed by atoms with Gasteiger partial charge in [-0.15, -0.1) is 0 Å². The molecule has 3 rings (SSSR count). The first-order valence-electron chi connectivity index (χ1n) is 8.74. The highest BCUT2D eigenvalue weighted by Gasteiger charge is 2.40. The quantitative estimate of drug-likeness (QED) is 0.693. The molecule has 0 radical (unpaired) electrons. The first kappa shape index (κ1) is 18.0. The van der Waals surface area contributed by atoms with E-state index in [1.54, 1.807) is 0 Å². The Kier molecular flexibility index (Phi) is 5.49. The Balaban J connectivity index is 1.37. The van der Waals surface area contributed by atoms with Gasteiger partial charge in [-0.2, -0.15) is 0 Å². The molecule has 25 heavy (non-hydrogen) atoms. The van der Waals surface area contributed by atoms with Crippen LogP contribution in [-0.2, 0) is 4.79 Å². The Morgan fingerprint density at radius 2 is 1.88 bits per heavy atom. The van der Waals surface area contributed by atoms with Gasteiger partial charge in [-0.05, 0) is 43.5 Å². The molecule has 3 N–H and O–H groups in total. The van der Waals surface area contributed by atoms with Crippen LogP contribution < -0.4 is 10.6 Å². The number of nitrogens with one attached hydrogen (secondary N) is 2. The van der Waals surface area contributed by atoms with Crippen molar-refractivity contribution in [1.82, 2.24) is 15.5 Å². The van der Waals surface area contributed by atoms with Crippen LogP contribution in [0.1, 0.15) is 37.7 Å².